The van der Waals surface area contributed by atoms with Crippen LogP contribution in [0, 0.1) is 0 Å². The van der Waals surface area contributed by atoms with Gasteiger partial charge in [-0.2, -0.15) is 5.10 Å². The summed E-state index contributed by atoms with van der Waals surface area (Å²) in [6, 6.07) is 12.0. The van der Waals surface area contributed by atoms with E-state index in [-0.39, 0.29) is 11.7 Å². The van der Waals surface area contributed by atoms with E-state index in [9.17, 15) is 9.90 Å². The van der Waals surface area contributed by atoms with E-state index in [1.807, 2.05) is 31.1 Å². The third kappa shape index (κ3) is 4.23. The van der Waals surface area contributed by atoms with E-state index in [0.717, 1.165) is 5.69 Å². The highest BCUT2D eigenvalue weighted by atomic mass is 16.5. The van der Waals surface area contributed by atoms with E-state index < -0.39 is 0 Å². The molecule has 0 atom stereocenters. The lowest BCUT2D eigenvalue weighted by atomic mass is 10.2. The summed E-state index contributed by atoms with van der Waals surface area (Å²) in [7, 11) is 5.34. The molecule has 23 heavy (non-hydrogen) atoms. The number of nitrogens with one attached hydrogen (secondary N) is 1. The van der Waals surface area contributed by atoms with Gasteiger partial charge in [0, 0.05) is 25.3 Å². The predicted molar refractivity (Wildman–Crippen MR) is 90.5 cm³/mol. The normalized spacial score (nSPS) is 10.6. The average Bonchev–Trinajstić information content (AvgIpc) is 2.56. The van der Waals surface area contributed by atoms with E-state index in [4.69, 9.17) is 4.74 Å². The first-order chi connectivity index (χ1) is 11.0. The number of aromatic hydroxyl groups is 1. The van der Waals surface area contributed by atoms with Crippen LogP contribution in [0.1, 0.15) is 15.9 Å². The zero-order valence-electron chi connectivity index (χ0n) is 13.3. The summed E-state index contributed by atoms with van der Waals surface area (Å²) in [6.07, 6.45) is 1.48. The lowest BCUT2D eigenvalue weighted by Crippen LogP contribution is -2.17. The van der Waals surface area contributed by atoms with Gasteiger partial charge in [0.05, 0.1) is 13.3 Å². The number of hydrogen-bond acceptors (Lipinski definition) is 5. The number of nitrogens with zero attached hydrogens (tertiary/aromatic N) is 2. The van der Waals surface area contributed by atoms with E-state index in [1.54, 1.807) is 24.3 Å². The number of hydrazone groups is 1. The molecule has 6 heteroatoms. The monoisotopic (exact) mass is 313 g/mol. The first-order valence-electron chi connectivity index (χ1n) is 6.99. The van der Waals surface area contributed by atoms with Gasteiger partial charge < -0.3 is 14.7 Å². The highest BCUT2D eigenvalue weighted by Gasteiger charge is 2.05. The highest BCUT2D eigenvalue weighted by molar-refractivity contribution is 5.95. The van der Waals surface area contributed by atoms with Crippen LogP contribution in [-0.4, -0.2) is 38.4 Å². The largest absolute Gasteiger partial charge is 0.504 e. The molecule has 0 aliphatic carbocycles. The SMILES string of the molecule is COc1cc(C=NNC(=O)c2ccc(N(C)C)cc2)ccc1O. The van der Waals surface area contributed by atoms with Crippen LogP contribution >= 0.6 is 0 Å². The molecule has 0 spiro atoms. The molecular formula is C17H19N3O3. The van der Waals surface area contributed by atoms with Gasteiger partial charge in [-0.15, -0.1) is 0 Å². The molecule has 0 radical (unpaired) electrons. The Kier molecular flexibility index (Phi) is 5.19. The molecular weight excluding hydrogens is 294 g/mol. The third-order valence-electron chi connectivity index (χ3n) is 3.23. The number of carbonyl (C=O) groups excluding carboxylic acids is 1. The van der Waals surface area contributed by atoms with Crippen molar-refractivity contribution in [2.75, 3.05) is 26.1 Å². The Morgan fingerprint density at radius 2 is 1.91 bits per heavy atom. The number of carbonyl (C=O) groups is 1. The Hall–Kier alpha value is -3.02. The van der Waals surface area contributed by atoms with Crippen molar-refractivity contribution in [2.24, 2.45) is 5.10 Å². The minimum atomic E-state index is -0.294. The fourth-order valence-corrected chi connectivity index (χ4v) is 1.92. The molecule has 0 aliphatic rings. The zero-order chi connectivity index (χ0) is 16.8. The molecule has 2 N–H and O–H groups in total. The molecule has 0 unspecified atom stereocenters. The fraction of sp³-hybridized carbons (Fsp3) is 0.176. The molecule has 0 aromatic heterocycles. The summed E-state index contributed by atoms with van der Waals surface area (Å²) < 4.78 is 5.01. The van der Waals surface area contributed by atoms with E-state index in [1.165, 1.54) is 19.4 Å². The van der Waals surface area contributed by atoms with Crippen molar-refractivity contribution in [2.45, 2.75) is 0 Å². The number of benzene rings is 2. The van der Waals surface area contributed by atoms with Gasteiger partial charge in [0.1, 0.15) is 0 Å². The quantitative estimate of drug-likeness (QED) is 0.656. The number of ether oxygens (including phenoxy) is 1. The van der Waals surface area contributed by atoms with Gasteiger partial charge in [-0.3, -0.25) is 4.79 Å². The molecule has 1 amide bonds. The molecule has 0 heterocycles. The van der Waals surface area contributed by atoms with Crippen molar-refractivity contribution in [1.29, 1.82) is 0 Å². The van der Waals surface area contributed by atoms with Gasteiger partial charge in [-0.25, -0.2) is 5.43 Å². The molecule has 120 valence electrons. The summed E-state index contributed by atoms with van der Waals surface area (Å²) in [5.41, 5.74) is 4.70. The fourth-order valence-electron chi connectivity index (χ4n) is 1.92. The third-order valence-corrected chi connectivity index (χ3v) is 3.23. The summed E-state index contributed by atoms with van der Waals surface area (Å²) in [5, 5.41) is 13.4. The second-order valence-electron chi connectivity index (χ2n) is 5.07. The number of phenols is 1. The van der Waals surface area contributed by atoms with Crippen LogP contribution in [0.25, 0.3) is 0 Å². The summed E-state index contributed by atoms with van der Waals surface area (Å²) in [6.45, 7) is 0. The van der Waals surface area contributed by atoms with Crippen molar-refractivity contribution < 1.29 is 14.6 Å². The maximum absolute atomic E-state index is 12.0. The minimum Gasteiger partial charge on any atom is -0.504 e. The second-order valence-corrected chi connectivity index (χ2v) is 5.07. The van der Waals surface area contributed by atoms with E-state index >= 15 is 0 Å². The van der Waals surface area contributed by atoms with E-state index in [0.29, 0.717) is 16.9 Å². The standard InChI is InChI=1S/C17H19N3O3/c1-20(2)14-7-5-13(6-8-14)17(22)19-18-11-12-4-9-15(21)16(10-12)23-3/h4-11,21H,1-3H3,(H,19,22). The molecule has 0 saturated heterocycles. The Balaban J connectivity index is 2.00. The topological polar surface area (TPSA) is 74.2 Å². The molecule has 0 saturated carbocycles. The molecule has 2 aromatic rings. The Morgan fingerprint density at radius 3 is 2.52 bits per heavy atom. The van der Waals surface area contributed by atoms with Gasteiger partial charge >= 0.3 is 0 Å². The van der Waals surface area contributed by atoms with E-state index in [2.05, 4.69) is 10.5 Å². The van der Waals surface area contributed by atoms with Crippen molar-refractivity contribution in [3.63, 3.8) is 0 Å². The van der Waals surface area contributed by atoms with Gasteiger partial charge in [0.15, 0.2) is 11.5 Å². The van der Waals surface area contributed by atoms with Crippen molar-refractivity contribution >= 4 is 17.8 Å². The number of hydrogen-bond donors (Lipinski definition) is 2. The summed E-state index contributed by atoms with van der Waals surface area (Å²) in [5.74, 6) is 0.103. The first-order valence-corrected chi connectivity index (χ1v) is 6.99. The van der Waals surface area contributed by atoms with Gasteiger partial charge in [-0.05, 0) is 48.0 Å². The molecule has 0 aliphatic heterocycles. The summed E-state index contributed by atoms with van der Waals surface area (Å²) >= 11 is 0. The Labute approximate surface area is 135 Å². The molecule has 6 nitrogen and oxygen atoms in total. The summed E-state index contributed by atoms with van der Waals surface area (Å²) in [4.78, 5) is 13.9. The lowest BCUT2D eigenvalue weighted by Gasteiger charge is -2.12. The van der Waals surface area contributed by atoms with Gasteiger partial charge in [-0.1, -0.05) is 0 Å². The second kappa shape index (κ2) is 7.31. The smallest absolute Gasteiger partial charge is 0.271 e. The van der Waals surface area contributed by atoms with Crippen LogP contribution in [0.4, 0.5) is 5.69 Å². The Morgan fingerprint density at radius 1 is 1.22 bits per heavy atom. The molecule has 2 rings (SSSR count). The number of methoxy groups -OCH3 is 1. The lowest BCUT2D eigenvalue weighted by molar-refractivity contribution is 0.0955. The van der Waals surface area contributed by atoms with Gasteiger partial charge in [0.25, 0.3) is 5.91 Å². The van der Waals surface area contributed by atoms with Crippen LogP contribution in [0.5, 0.6) is 11.5 Å². The van der Waals surface area contributed by atoms with Crippen LogP contribution in [-0.2, 0) is 0 Å². The van der Waals surface area contributed by atoms with Crippen molar-refractivity contribution in [3.05, 3.63) is 53.6 Å². The Bertz CT molecular complexity index is 710. The number of anilines is 1. The van der Waals surface area contributed by atoms with Crippen LogP contribution in [0.2, 0.25) is 0 Å². The average molecular weight is 313 g/mol. The maximum Gasteiger partial charge on any atom is 0.271 e. The van der Waals surface area contributed by atoms with Crippen LogP contribution < -0.4 is 15.1 Å². The van der Waals surface area contributed by atoms with Crippen LogP contribution in [0.15, 0.2) is 47.6 Å². The zero-order valence-corrected chi connectivity index (χ0v) is 13.3. The molecule has 0 fully saturated rings. The minimum absolute atomic E-state index is 0.0506. The number of phenolic OH excluding ortho intramolecular Hbond substituents is 1. The molecule has 2 aromatic carbocycles. The number of rotatable bonds is 5. The van der Waals surface area contributed by atoms with Crippen molar-refractivity contribution in [1.82, 2.24) is 5.43 Å². The van der Waals surface area contributed by atoms with Crippen molar-refractivity contribution in [3.8, 4) is 11.5 Å². The molecule has 0 bridgehead atoms. The maximum atomic E-state index is 12.0. The van der Waals surface area contributed by atoms with Crippen LogP contribution in [0.3, 0.4) is 0 Å². The predicted octanol–water partition coefficient (Wildman–Crippen LogP) is 2.23. The van der Waals surface area contributed by atoms with Gasteiger partial charge in [0.2, 0.25) is 0 Å². The highest BCUT2D eigenvalue weighted by Crippen LogP contribution is 2.25. The first kappa shape index (κ1) is 16.4. The number of amides is 1.